The van der Waals surface area contributed by atoms with Gasteiger partial charge in [-0.1, -0.05) is 13.8 Å². The van der Waals surface area contributed by atoms with Crippen molar-refractivity contribution >= 4 is 5.97 Å². The summed E-state index contributed by atoms with van der Waals surface area (Å²) in [6, 6.07) is 0. The van der Waals surface area contributed by atoms with Gasteiger partial charge in [-0.05, 0) is 5.92 Å². The molecular formula is C5H10FeO2. The Hall–Kier alpha value is -0.0105. The zero-order chi connectivity index (χ0) is 5.86. The molecule has 8 heavy (non-hydrogen) atoms. The molecule has 0 aromatic carbocycles. The predicted molar refractivity (Wildman–Crippen MR) is 27.1 cm³/mol. The maximum absolute atomic E-state index is 9.81. The second-order valence-corrected chi connectivity index (χ2v) is 1.99. The van der Waals surface area contributed by atoms with Crippen molar-refractivity contribution in [3.8, 4) is 0 Å². The van der Waals surface area contributed by atoms with Crippen LogP contribution in [0.2, 0.25) is 0 Å². The van der Waals surface area contributed by atoms with Crippen molar-refractivity contribution in [3.63, 3.8) is 0 Å². The summed E-state index contributed by atoms with van der Waals surface area (Å²) >= 11 is 0. The molecular weight excluding hydrogens is 148 g/mol. The van der Waals surface area contributed by atoms with Crippen molar-refractivity contribution in [3.05, 3.63) is 0 Å². The van der Waals surface area contributed by atoms with Crippen molar-refractivity contribution in [2.45, 2.75) is 20.3 Å². The van der Waals surface area contributed by atoms with Gasteiger partial charge in [0.2, 0.25) is 0 Å². The Labute approximate surface area is 59.8 Å². The first-order valence-corrected chi connectivity index (χ1v) is 2.34. The van der Waals surface area contributed by atoms with Gasteiger partial charge in [0, 0.05) is 23.5 Å². The average molecular weight is 158 g/mol. The fourth-order valence-electron chi connectivity index (χ4n) is 0.349. The maximum atomic E-state index is 9.81. The molecule has 0 heterocycles. The van der Waals surface area contributed by atoms with Crippen LogP contribution < -0.4 is 0 Å². The SMILES string of the molecule is CC(C)CC(=O)O.[Fe]. The van der Waals surface area contributed by atoms with Crippen molar-refractivity contribution in [1.29, 1.82) is 0 Å². The Morgan fingerprint density at radius 1 is 1.62 bits per heavy atom. The first-order chi connectivity index (χ1) is 3.13. The van der Waals surface area contributed by atoms with E-state index in [1.165, 1.54) is 0 Å². The van der Waals surface area contributed by atoms with E-state index in [4.69, 9.17) is 5.11 Å². The van der Waals surface area contributed by atoms with Gasteiger partial charge in [0.1, 0.15) is 0 Å². The largest absolute Gasteiger partial charge is 0.481 e. The van der Waals surface area contributed by atoms with E-state index in [1.54, 1.807) is 0 Å². The van der Waals surface area contributed by atoms with Crippen LogP contribution >= 0.6 is 0 Å². The van der Waals surface area contributed by atoms with Crippen LogP contribution in [-0.2, 0) is 21.9 Å². The number of aliphatic carboxylic acids is 1. The summed E-state index contributed by atoms with van der Waals surface area (Å²) in [4.78, 5) is 9.81. The number of carboxylic acid groups (broad SMARTS) is 1. The smallest absolute Gasteiger partial charge is 0.303 e. The second-order valence-electron chi connectivity index (χ2n) is 1.99. The van der Waals surface area contributed by atoms with Crippen LogP contribution in [0.4, 0.5) is 0 Å². The summed E-state index contributed by atoms with van der Waals surface area (Å²) in [7, 11) is 0. The van der Waals surface area contributed by atoms with Gasteiger partial charge < -0.3 is 5.11 Å². The van der Waals surface area contributed by atoms with Crippen molar-refractivity contribution in [1.82, 2.24) is 0 Å². The van der Waals surface area contributed by atoms with E-state index >= 15 is 0 Å². The molecule has 0 aliphatic carbocycles. The summed E-state index contributed by atoms with van der Waals surface area (Å²) in [5.41, 5.74) is 0. The van der Waals surface area contributed by atoms with Crippen LogP contribution in [0, 0.1) is 5.92 Å². The number of hydrogen-bond acceptors (Lipinski definition) is 1. The molecule has 0 unspecified atom stereocenters. The Balaban J connectivity index is 0. The molecule has 1 N–H and O–H groups in total. The first-order valence-electron chi connectivity index (χ1n) is 2.34. The molecule has 0 rings (SSSR count). The van der Waals surface area contributed by atoms with Gasteiger partial charge >= 0.3 is 5.97 Å². The second kappa shape index (κ2) is 5.13. The summed E-state index contributed by atoms with van der Waals surface area (Å²) in [5, 5.41) is 8.08. The van der Waals surface area contributed by atoms with Crippen LogP contribution in [0.1, 0.15) is 20.3 Å². The van der Waals surface area contributed by atoms with Gasteiger partial charge in [-0.25, -0.2) is 0 Å². The molecule has 0 fully saturated rings. The Morgan fingerprint density at radius 3 is 2.00 bits per heavy atom. The van der Waals surface area contributed by atoms with E-state index in [2.05, 4.69) is 0 Å². The Bertz CT molecular complexity index is 70.8. The fraction of sp³-hybridized carbons (Fsp3) is 0.800. The van der Waals surface area contributed by atoms with Gasteiger partial charge in [0.05, 0.1) is 0 Å². The summed E-state index contributed by atoms with van der Waals surface area (Å²) in [6.45, 7) is 3.77. The van der Waals surface area contributed by atoms with Crippen LogP contribution in [-0.4, -0.2) is 11.1 Å². The molecule has 2 nitrogen and oxygen atoms in total. The quantitative estimate of drug-likeness (QED) is 0.611. The number of carboxylic acids is 1. The first kappa shape index (κ1) is 10.9. The summed E-state index contributed by atoms with van der Waals surface area (Å²) in [5.74, 6) is -0.438. The van der Waals surface area contributed by atoms with Crippen molar-refractivity contribution < 1.29 is 27.0 Å². The summed E-state index contributed by atoms with van der Waals surface area (Å²) in [6.07, 6.45) is 0.278. The standard InChI is InChI=1S/C5H10O2.Fe/c1-4(2)3-5(6)7;/h4H,3H2,1-2H3,(H,6,7);. The van der Waals surface area contributed by atoms with E-state index in [9.17, 15) is 4.79 Å². The topological polar surface area (TPSA) is 37.3 Å². The minimum atomic E-state index is -0.713. The average Bonchev–Trinajstić information content (AvgIpc) is 1.27. The third-order valence-electron chi connectivity index (χ3n) is 0.583. The molecule has 0 saturated heterocycles. The molecule has 0 spiro atoms. The molecule has 0 radical (unpaired) electrons. The van der Waals surface area contributed by atoms with Crippen LogP contribution in [0.5, 0.6) is 0 Å². The molecule has 0 atom stereocenters. The Kier molecular flexibility index (Phi) is 6.98. The monoisotopic (exact) mass is 158 g/mol. The minimum Gasteiger partial charge on any atom is -0.481 e. The van der Waals surface area contributed by atoms with Gasteiger partial charge in [0.15, 0.2) is 0 Å². The molecule has 0 bridgehead atoms. The number of hydrogen-bond donors (Lipinski definition) is 1. The zero-order valence-electron chi connectivity index (χ0n) is 4.99. The number of carbonyl (C=O) groups is 1. The van der Waals surface area contributed by atoms with Crippen LogP contribution in [0.3, 0.4) is 0 Å². The normalized spacial score (nSPS) is 8.38. The van der Waals surface area contributed by atoms with E-state index in [0.717, 1.165) is 0 Å². The molecule has 0 aliphatic rings. The van der Waals surface area contributed by atoms with Crippen molar-refractivity contribution in [2.24, 2.45) is 5.92 Å². The molecule has 0 saturated carbocycles. The van der Waals surface area contributed by atoms with Gasteiger partial charge in [-0.15, -0.1) is 0 Å². The fourth-order valence-corrected chi connectivity index (χ4v) is 0.349. The minimum absolute atomic E-state index is 0. The molecule has 0 aromatic rings. The third kappa shape index (κ3) is 9.37. The molecule has 0 aromatic heterocycles. The van der Waals surface area contributed by atoms with E-state index < -0.39 is 5.97 Å². The van der Waals surface area contributed by atoms with Crippen LogP contribution in [0.25, 0.3) is 0 Å². The van der Waals surface area contributed by atoms with E-state index in [1.807, 2.05) is 13.8 Å². The van der Waals surface area contributed by atoms with Gasteiger partial charge in [-0.3, -0.25) is 4.79 Å². The van der Waals surface area contributed by atoms with Gasteiger partial charge in [0.25, 0.3) is 0 Å². The predicted octanol–water partition coefficient (Wildman–Crippen LogP) is 1.11. The molecule has 0 aliphatic heterocycles. The van der Waals surface area contributed by atoms with E-state index in [-0.39, 0.29) is 29.4 Å². The molecule has 0 amide bonds. The number of rotatable bonds is 2. The Morgan fingerprint density at radius 2 is 2.00 bits per heavy atom. The molecule has 3 heteroatoms. The van der Waals surface area contributed by atoms with Gasteiger partial charge in [-0.2, -0.15) is 0 Å². The van der Waals surface area contributed by atoms with Crippen LogP contribution in [0.15, 0.2) is 0 Å². The summed E-state index contributed by atoms with van der Waals surface area (Å²) < 4.78 is 0. The van der Waals surface area contributed by atoms with E-state index in [0.29, 0.717) is 0 Å². The zero-order valence-corrected chi connectivity index (χ0v) is 6.10. The third-order valence-corrected chi connectivity index (χ3v) is 0.583. The van der Waals surface area contributed by atoms with Crippen molar-refractivity contribution in [2.75, 3.05) is 0 Å². The maximum Gasteiger partial charge on any atom is 0.303 e. The molecule has 50 valence electrons.